The highest BCUT2D eigenvalue weighted by molar-refractivity contribution is 5.68. The van der Waals surface area contributed by atoms with Crippen molar-refractivity contribution < 1.29 is 13.9 Å². The van der Waals surface area contributed by atoms with Gasteiger partial charge in [-0.05, 0) is 39.7 Å². The second-order valence-corrected chi connectivity index (χ2v) is 5.98. The average Bonchev–Trinajstić information content (AvgIpc) is 2.74. The van der Waals surface area contributed by atoms with Crippen molar-refractivity contribution in [2.24, 2.45) is 0 Å². The molecule has 1 saturated heterocycles. The van der Waals surface area contributed by atoms with Gasteiger partial charge >= 0.3 is 6.09 Å². The Labute approximate surface area is 113 Å². The Kier molecular flexibility index (Phi) is 3.73. The lowest BCUT2D eigenvalue weighted by Gasteiger charge is -2.32. The first-order valence-corrected chi connectivity index (χ1v) is 6.68. The molecule has 0 aliphatic carbocycles. The van der Waals surface area contributed by atoms with Gasteiger partial charge in [-0.1, -0.05) is 0 Å². The highest BCUT2D eigenvalue weighted by atomic mass is 16.6. The molecule has 106 valence electrons. The Hall–Kier alpha value is -1.65. The molecule has 0 radical (unpaired) electrons. The molecule has 19 heavy (non-hydrogen) atoms. The molecule has 0 spiro atoms. The molecular formula is C14H22N2O3. The molecule has 2 rings (SSSR count). The van der Waals surface area contributed by atoms with Crippen LogP contribution in [-0.2, 0) is 4.74 Å². The minimum Gasteiger partial charge on any atom is -0.446 e. The number of hydrogen-bond acceptors (Lipinski definition) is 4. The molecule has 0 unspecified atom stereocenters. The molecule has 5 heteroatoms. The number of piperidine rings is 1. The van der Waals surface area contributed by atoms with Gasteiger partial charge in [-0.25, -0.2) is 4.79 Å². The molecule has 1 aliphatic heterocycles. The van der Waals surface area contributed by atoms with Crippen LogP contribution < -0.4 is 5.73 Å². The first-order valence-electron chi connectivity index (χ1n) is 6.68. The van der Waals surface area contributed by atoms with Gasteiger partial charge in [0, 0.05) is 25.1 Å². The Morgan fingerprint density at radius 1 is 1.37 bits per heavy atom. The fourth-order valence-corrected chi connectivity index (χ4v) is 2.26. The largest absolute Gasteiger partial charge is 0.446 e. The normalized spacial score (nSPS) is 17.5. The van der Waals surface area contributed by atoms with Crippen molar-refractivity contribution >= 4 is 12.0 Å². The van der Waals surface area contributed by atoms with E-state index in [2.05, 4.69) is 0 Å². The monoisotopic (exact) mass is 266 g/mol. The van der Waals surface area contributed by atoms with Crippen molar-refractivity contribution in [1.82, 2.24) is 4.90 Å². The summed E-state index contributed by atoms with van der Waals surface area (Å²) in [6.45, 7) is 7.02. The van der Waals surface area contributed by atoms with Gasteiger partial charge in [0.05, 0.1) is 0 Å². The summed E-state index contributed by atoms with van der Waals surface area (Å²) < 4.78 is 10.8. The van der Waals surface area contributed by atoms with Crippen molar-refractivity contribution in [3.8, 4) is 0 Å². The average molecular weight is 266 g/mol. The maximum absolute atomic E-state index is 11.9. The Morgan fingerprint density at radius 3 is 2.47 bits per heavy atom. The zero-order chi connectivity index (χ0) is 14.0. The maximum atomic E-state index is 11.9. The van der Waals surface area contributed by atoms with Crippen molar-refractivity contribution in [2.75, 3.05) is 18.8 Å². The topological polar surface area (TPSA) is 68.7 Å². The molecule has 2 N–H and O–H groups in total. The van der Waals surface area contributed by atoms with Gasteiger partial charge in [-0.3, -0.25) is 0 Å². The van der Waals surface area contributed by atoms with Crippen LogP contribution in [0.15, 0.2) is 16.5 Å². The lowest BCUT2D eigenvalue weighted by atomic mass is 9.95. The van der Waals surface area contributed by atoms with Crippen LogP contribution in [0, 0.1) is 0 Å². The summed E-state index contributed by atoms with van der Waals surface area (Å²) in [7, 11) is 0. The van der Waals surface area contributed by atoms with Gasteiger partial charge in [0.2, 0.25) is 0 Å². The van der Waals surface area contributed by atoms with Crippen molar-refractivity contribution in [1.29, 1.82) is 0 Å². The van der Waals surface area contributed by atoms with Crippen LogP contribution in [0.3, 0.4) is 0 Å². The first-order chi connectivity index (χ1) is 8.85. The standard InChI is InChI=1S/C14H22N2O3/c1-14(2,3)19-13(17)16-8-6-10(7-9-16)11-4-5-12(15)18-11/h4-5,10H,6-9,15H2,1-3H3. The smallest absolute Gasteiger partial charge is 0.410 e. The number of carbonyl (C=O) groups is 1. The lowest BCUT2D eigenvalue weighted by Crippen LogP contribution is -2.41. The van der Waals surface area contributed by atoms with Crippen molar-refractivity contribution in [2.45, 2.75) is 45.1 Å². The van der Waals surface area contributed by atoms with E-state index in [1.54, 1.807) is 11.0 Å². The van der Waals surface area contributed by atoms with Crippen molar-refractivity contribution in [3.63, 3.8) is 0 Å². The van der Waals surface area contributed by atoms with Gasteiger partial charge in [-0.15, -0.1) is 0 Å². The molecule has 0 saturated carbocycles. The Bertz CT molecular complexity index is 440. The Balaban J connectivity index is 1.87. The Morgan fingerprint density at radius 2 is 2.00 bits per heavy atom. The van der Waals surface area contributed by atoms with E-state index in [-0.39, 0.29) is 6.09 Å². The second-order valence-electron chi connectivity index (χ2n) is 5.98. The number of ether oxygens (including phenoxy) is 1. The zero-order valence-corrected chi connectivity index (χ0v) is 11.8. The number of carbonyl (C=O) groups excluding carboxylic acids is 1. The van der Waals surface area contributed by atoms with Gasteiger partial charge in [0.25, 0.3) is 0 Å². The van der Waals surface area contributed by atoms with Crippen LogP contribution in [-0.4, -0.2) is 29.7 Å². The summed E-state index contributed by atoms with van der Waals surface area (Å²) in [6.07, 6.45) is 1.53. The van der Waals surface area contributed by atoms with E-state index < -0.39 is 5.60 Å². The predicted octanol–water partition coefficient (Wildman–Crippen LogP) is 2.98. The molecule has 1 amide bonds. The molecule has 1 aromatic heterocycles. The molecule has 5 nitrogen and oxygen atoms in total. The highest BCUT2D eigenvalue weighted by Crippen LogP contribution is 2.30. The van der Waals surface area contributed by atoms with E-state index in [0.717, 1.165) is 18.6 Å². The van der Waals surface area contributed by atoms with E-state index >= 15 is 0 Å². The quantitative estimate of drug-likeness (QED) is 0.848. The number of nitrogen functional groups attached to an aromatic ring is 1. The van der Waals surface area contributed by atoms with Gasteiger partial charge < -0.3 is 19.8 Å². The number of likely N-dealkylation sites (tertiary alicyclic amines) is 1. The van der Waals surface area contributed by atoms with Crippen molar-refractivity contribution in [3.05, 3.63) is 17.9 Å². The summed E-state index contributed by atoms with van der Waals surface area (Å²) in [6, 6.07) is 3.69. The number of furan rings is 1. The van der Waals surface area contributed by atoms with Crippen LogP contribution in [0.4, 0.5) is 10.7 Å². The summed E-state index contributed by atoms with van der Waals surface area (Å²) in [5.41, 5.74) is 5.14. The summed E-state index contributed by atoms with van der Waals surface area (Å²) >= 11 is 0. The molecule has 1 fully saturated rings. The second kappa shape index (κ2) is 5.15. The highest BCUT2D eigenvalue weighted by Gasteiger charge is 2.28. The molecule has 0 atom stereocenters. The van der Waals surface area contributed by atoms with Crippen LogP contribution in [0.25, 0.3) is 0 Å². The van der Waals surface area contributed by atoms with E-state index in [0.29, 0.717) is 24.9 Å². The van der Waals surface area contributed by atoms with Gasteiger partial charge in [0.1, 0.15) is 11.4 Å². The van der Waals surface area contributed by atoms with Crippen LogP contribution in [0.2, 0.25) is 0 Å². The maximum Gasteiger partial charge on any atom is 0.410 e. The number of anilines is 1. The van der Waals surface area contributed by atoms with Crippen LogP contribution in [0.1, 0.15) is 45.3 Å². The number of rotatable bonds is 1. The fourth-order valence-electron chi connectivity index (χ4n) is 2.26. The fraction of sp³-hybridized carbons (Fsp3) is 0.643. The molecule has 0 aromatic carbocycles. The summed E-state index contributed by atoms with van der Waals surface area (Å²) in [5.74, 6) is 1.71. The zero-order valence-electron chi connectivity index (χ0n) is 11.8. The van der Waals surface area contributed by atoms with E-state index in [9.17, 15) is 4.79 Å². The predicted molar refractivity (Wildman–Crippen MR) is 72.9 cm³/mol. The molecule has 1 aliphatic rings. The van der Waals surface area contributed by atoms with Crippen LogP contribution in [0.5, 0.6) is 0 Å². The van der Waals surface area contributed by atoms with Gasteiger partial charge in [0.15, 0.2) is 5.88 Å². The minimum atomic E-state index is -0.441. The third-order valence-electron chi connectivity index (χ3n) is 3.20. The van der Waals surface area contributed by atoms with E-state index in [4.69, 9.17) is 14.9 Å². The third-order valence-corrected chi connectivity index (χ3v) is 3.20. The summed E-state index contributed by atoms with van der Waals surface area (Å²) in [4.78, 5) is 13.7. The van der Waals surface area contributed by atoms with Crippen LogP contribution >= 0.6 is 0 Å². The van der Waals surface area contributed by atoms with E-state index in [1.807, 2.05) is 26.8 Å². The molecular weight excluding hydrogens is 244 g/mol. The number of amides is 1. The first kappa shape index (κ1) is 13.8. The number of nitrogens with zero attached hydrogens (tertiary/aromatic N) is 1. The molecule has 1 aromatic rings. The van der Waals surface area contributed by atoms with E-state index in [1.165, 1.54) is 0 Å². The third kappa shape index (κ3) is 3.66. The number of nitrogens with two attached hydrogens (primary N) is 1. The summed E-state index contributed by atoms with van der Waals surface area (Å²) in [5, 5.41) is 0. The molecule has 0 bridgehead atoms. The molecule has 2 heterocycles. The lowest BCUT2D eigenvalue weighted by molar-refractivity contribution is 0.0200. The number of hydrogen-bond donors (Lipinski definition) is 1. The SMILES string of the molecule is CC(C)(C)OC(=O)N1CCC(c2ccc(N)o2)CC1. The van der Waals surface area contributed by atoms with Gasteiger partial charge in [-0.2, -0.15) is 0 Å². The minimum absolute atomic E-state index is 0.232.